The number of nitrogens with zero attached hydrogens (tertiary/aromatic N) is 2. The van der Waals surface area contributed by atoms with Crippen molar-refractivity contribution >= 4 is 31.6 Å². The normalized spacial score (nSPS) is 12.7. The Morgan fingerprint density at radius 3 is 2.54 bits per heavy atom. The van der Waals surface area contributed by atoms with Crippen LogP contribution in [-0.2, 0) is 16.6 Å². The molecule has 0 N–H and O–H groups in total. The molecule has 0 atom stereocenters. The summed E-state index contributed by atoms with van der Waals surface area (Å²) in [5.41, 5.74) is 0.274. The van der Waals surface area contributed by atoms with Crippen molar-refractivity contribution < 1.29 is 17.2 Å². The summed E-state index contributed by atoms with van der Waals surface area (Å²) in [5, 5.41) is 0. The van der Waals surface area contributed by atoms with Gasteiger partial charge in [-0.25, -0.2) is 8.78 Å². The Morgan fingerprint density at radius 1 is 1.17 bits per heavy atom. The van der Waals surface area contributed by atoms with Crippen LogP contribution in [0.4, 0.5) is 8.78 Å². The first kappa shape index (κ1) is 16.5. The van der Waals surface area contributed by atoms with Crippen LogP contribution in [0.2, 0.25) is 0 Å². The van der Waals surface area contributed by atoms with E-state index >= 15 is 0 Å². The largest absolute Gasteiger partial charge is 0.309 e. The highest BCUT2D eigenvalue weighted by Gasteiger charge is 2.16. The molecule has 0 spiro atoms. The molecule has 2 aromatic carbocycles. The molecular weight excluding hydrogens is 354 g/mol. The Hall–Kier alpha value is -2.32. The Morgan fingerprint density at radius 2 is 1.88 bits per heavy atom. The maximum absolute atomic E-state index is 14.1. The van der Waals surface area contributed by atoms with Crippen molar-refractivity contribution in [1.29, 1.82) is 0 Å². The van der Waals surface area contributed by atoms with Crippen molar-refractivity contribution in [3.05, 3.63) is 71.6 Å². The van der Waals surface area contributed by atoms with Crippen molar-refractivity contribution in [1.82, 2.24) is 4.57 Å². The number of thiazole rings is 1. The van der Waals surface area contributed by atoms with Gasteiger partial charge in [0.1, 0.15) is 11.6 Å². The van der Waals surface area contributed by atoms with Crippen LogP contribution < -0.4 is 4.80 Å². The summed E-state index contributed by atoms with van der Waals surface area (Å²) in [7, 11) is -4.04. The zero-order valence-corrected chi connectivity index (χ0v) is 13.9. The van der Waals surface area contributed by atoms with Crippen LogP contribution in [0.5, 0.6) is 0 Å². The number of allylic oxidation sites excluding steroid dienone is 1. The SMILES string of the molecule is C=CCn1/c(=N/S(=O)(=O)c2ccc(F)cc2)sc2cccc(F)c21. The van der Waals surface area contributed by atoms with Gasteiger partial charge in [-0.05, 0) is 36.4 Å². The van der Waals surface area contributed by atoms with Gasteiger partial charge in [0, 0.05) is 6.54 Å². The van der Waals surface area contributed by atoms with E-state index in [0.717, 1.165) is 35.6 Å². The number of hydrogen-bond donors (Lipinski definition) is 0. The standard InChI is InChI=1S/C16H12F2N2O2S2/c1-2-10-20-15-13(18)4-3-5-14(15)23-16(20)19-24(21,22)12-8-6-11(17)7-9-12/h2-9H,1,10H2/b19-16-. The molecule has 0 saturated carbocycles. The zero-order chi connectivity index (χ0) is 17.3. The predicted octanol–water partition coefficient (Wildman–Crippen LogP) is 3.46. The maximum Gasteiger partial charge on any atom is 0.285 e. The van der Waals surface area contributed by atoms with E-state index in [4.69, 9.17) is 0 Å². The minimum Gasteiger partial charge on any atom is -0.309 e. The van der Waals surface area contributed by atoms with Gasteiger partial charge in [-0.1, -0.05) is 23.5 Å². The first-order valence-electron chi connectivity index (χ1n) is 6.88. The van der Waals surface area contributed by atoms with Crippen LogP contribution in [0.15, 0.2) is 64.4 Å². The number of rotatable bonds is 4. The molecule has 8 heteroatoms. The van der Waals surface area contributed by atoms with E-state index in [9.17, 15) is 17.2 Å². The lowest BCUT2D eigenvalue weighted by molar-refractivity contribution is 0.594. The monoisotopic (exact) mass is 366 g/mol. The quantitative estimate of drug-likeness (QED) is 0.664. The second-order valence-corrected chi connectivity index (χ2v) is 7.50. The summed E-state index contributed by atoms with van der Waals surface area (Å²) in [5.74, 6) is -1.01. The molecule has 0 aliphatic heterocycles. The van der Waals surface area contributed by atoms with E-state index in [0.29, 0.717) is 4.70 Å². The number of para-hydroxylation sites is 1. The lowest BCUT2D eigenvalue weighted by Gasteiger charge is -2.02. The first-order valence-corrected chi connectivity index (χ1v) is 9.13. The van der Waals surface area contributed by atoms with E-state index < -0.39 is 21.7 Å². The fourth-order valence-electron chi connectivity index (χ4n) is 2.22. The molecule has 0 amide bonds. The second-order valence-electron chi connectivity index (χ2n) is 4.89. The molecule has 1 aromatic heterocycles. The minimum atomic E-state index is -4.04. The van der Waals surface area contributed by atoms with E-state index in [2.05, 4.69) is 11.0 Å². The number of fused-ring (bicyclic) bond motifs is 1. The maximum atomic E-state index is 14.1. The number of halogens is 2. The molecule has 3 aromatic rings. The molecular formula is C16H12F2N2O2S2. The molecule has 0 unspecified atom stereocenters. The Balaban J connectivity index is 2.26. The van der Waals surface area contributed by atoms with Crippen molar-refractivity contribution in [3.8, 4) is 0 Å². The second kappa shape index (κ2) is 6.29. The Labute approximate surface area is 141 Å². The molecule has 0 fully saturated rings. The van der Waals surface area contributed by atoms with Crippen LogP contribution >= 0.6 is 11.3 Å². The van der Waals surface area contributed by atoms with Gasteiger partial charge >= 0.3 is 0 Å². The summed E-state index contributed by atoms with van der Waals surface area (Å²) >= 11 is 1.06. The lowest BCUT2D eigenvalue weighted by Crippen LogP contribution is -2.17. The third-order valence-corrected chi connectivity index (χ3v) is 5.71. The highest BCUT2D eigenvalue weighted by Crippen LogP contribution is 2.21. The van der Waals surface area contributed by atoms with Gasteiger partial charge in [-0.2, -0.15) is 8.42 Å². The highest BCUT2D eigenvalue weighted by atomic mass is 32.2. The van der Waals surface area contributed by atoms with E-state index in [1.54, 1.807) is 12.1 Å². The van der Waals surface area contributed by atoms with Gasteiger partial charge in [0.2, 0.25) is 4.80 Å². The molecule has 0 radical (unpaired) electrons. The van der Waals surface area contributed by atoms with Crippen molar-refractivity contribution in [3.63, 3.8) is 0 Å². The summed E-state index contributed by atoms with van der Waals surface area (Å²) in [6.07, 6.45) is 1.53. The predicted molar refractivity (Wildman–Crippen MR) is 89.1 cm³/mol. The average molecular weight is 366 g/mol. The third kappa shape index (κ3) is 3.02. The van der Waals surface area contributed by atoms with E-state index in [-0.39, 0.29) is 21.8 Å². The molecule has 124 valence electrons. The zero-order valence-electron chi connectivity index (χ0n) is 12.3. The molecule has 4 nitrogen and oxygen atoms in total. The van der Waals surface area contributed by atoms with Gasteiger partial charge in [0.15, 0.2) is 0 Å². The number of aromatic nitrogens is 1. The van der Waals surface area contributed by atoms with E-state index in [1.165, 1.54) is 16.7 Å². The highest BCUT2D eigenvalue weighted by molar-refractivity contribution is 7.90. The van der Waals surface area contributed by atoms with Gasteiger partial charge < -0.3 is 4.57 Å². The van der Waals surface area contributed by atoms with Crippen molar-refractivity contribution in [2.45, 2.75) is 11.4 Å². The van der Waals surface area contributed by atoms with Crippen LogP contribution in [-0.4, -0.2) is 13.0 Å². The molecule has 0 aliphatic carbocycles. The Kier molecular flexibility index (Phi) is 4.33. The van der Waals surface area contributed by atoms with Gasteiger partial charge in [-0.3, -0.25) is 0 Å². The average Bonchev–Trinajstić information content (AvgIpc) is 2.86. The molecule has 0 aliphatic rings. The first-order chi connectivity index (χ1) is 11.4. The lowest BCUT2D eigenvalue weighted by atomic mass is 10.3. The smallest absolute Gasteiger partial charge is 0.285 e. The van der Waals surface area contributed by atoms with E-state index in [1.807, 2.05) is 0 Å². The molecule has 3 rings (SSSR count). The molecule has 0 saturated heterocycles. The van der Waals surface area contributed by atoms with Gasteiger partial charge in [0.05, 0.1) is 15.1 Å². The van der Waals surface area contributed by atoms with Gasteiger partial charge in [-0.15, -0.1) is 11.0 Å². The number of sulfonamides is 1. The summed E-state index contributed by atoms with van der Waals surface area (Å²) in [6, 6.07) is 8.90. The minimum absolute atomic E-state index is 0.124. The molecule has 1 heterocycles. The van der Waals surface area contributed by atoms with Crippen molar-refractivity contribution in [2.24, 2.45) is 4.40 Å². The number of hydrogen-bond acceptors (Lipinski definition) is 3. The van der Waals surface area contributed by atoms with Crippen LogP contribution in [0, 0.1) is 11.6 Å². The van der Waals surface area contributed by atoms with Crippen molar-refractivity contribution in [2.75, 3.05) is 0 Å². The summed E-state index contributed by atoms with van der Waals surface area (Å²) in [4.78, 5) is -0.00805. The summed E-state index contributed by atoms with van der Waals surface area (Å²) in [6.45, 7) is 3.81. The Bertz CT molecular complexity index is 1080. The van der Waals surface area contributed by atoms with Crippen LogP contribution in [0.1, 0.15) is 0 Å². The summed E-state index contributed by atoms with van der Waals surface area (Å²) < 4.78 is 57.7. The molecule has 24 heavy (non-hydrogen) atoms. The van der Waals surface area contributed by atoms with Gasteiger partial charge in [0.25, 0.3) is 10.0 Å². The molecule has 0 bridgehead atoms. The topological polar surface area (TPSA) is 51.4 Å². The third-order valence-electron chi connectivity index (χ3n) is 3.27. The fourth-order valence-corrected chi connectivity index (χ4v) is 4.47. The van der Waals surface area contributed by atoms with Crippen LogP contribution in [0.25, 0.3) is 10.2 Å². The number of benzene rings is 2. The van der Waals surface area contributed by atoms with Crippen LogP contribution in [0.3, 0.4) is 0 Å². The fraction of sp³-hybridized carbons (Fsp3) is 0.0625.